The molecule has 1 aromatic rings. The fourth-order valence-electron chi connectivity index (χ4n) is 1.85. The highest BCUT2D eigenvalue weighted by molar-refractivity contribution is 5.38. The van der Waals surface area contributed by atoms with E-state index in [-0.39, 0.29) is 0 Å². The molecule has 1 aromatic carbocycles. The van der Waals surface area contributed by atoms with Crippen molar-refractivity contribution in [3.8, 4) is 0 Å². The van der Waals surface area contributed by atoms with Crippen molar-refractivity contribution in [2.75, 3.05) is 0 Å². The van der Waals surface area contributed by atoms with E-state index in [0.717, 1.165) is 6.42 Å². The van der Waals surface area contributed by atoms with Crippen LogP contribution in [0, 0.1) is 6.92 Å². The molecule has 76 valence electrons. The van der Waals surface area contributed by atoms with Crippen LogP contribution in [0.4, 0.5) is 0 Å². The molecule has 0 bridgehead atoms. The van der Waals surface area contributed by atoms with Gasteiger partial charge in [-0.1, -0.05) is 60.7 Å². The van der Waals surface area contributed by atoms with Crippen molar-refractivity contribution in [1.29, 1.82) is 0 Å². The molecule has 0 saturated heterocycles. The van der Waals surface area contributed by atoms with E-state index in [9.17, 15) is 0 Å². The summed E-state index contributed by atoms with van der Waals surface area (Å²) in [7, 11) is 0. The summed E-state index contributed by atoms with van der Waals surface area (Å²) in [5.74, 6) is 0.536. The van der Waals surface area contributed by atoms with Crippen molar-refractivity contribution >= 4 is 0 Å². The molecule has 0 amide bonds. The molecule has 1 unspecified atom stereocenters. The molecular weight excluding hydrogens is 180 g/mol. The van der Waals surface area contributed by atoms with Crippen molar-refractivity contribution in [3.63, 3.8) is 0 Å². The van der Waals surface area contributed by atoms with Crippen LogP contribution in [-0.4, -0.2) is 0 Å². The number of benzene rings is 1. The molecule has 1 aliphatic rings. The van der Waals surface area contributed by atoms with Crippen LogP contribution in [0.15, 0.2) is 60.7 Å². The average molecular weight is 196 g/mol. The molecule has 0 heterocycles. The first-order valence-corrected chi connectivity index (χ1v) is 5.37. The van der Waals surface area contributed by atoms with Crippen molar-refractivity contribution in [2.45, 2.75) is 19.3 Å². The lowest BCUT2D eigenvalue weighted by Crippen LogP contribution is -1.97. The van der Waals surface area contributed by atoms with E-state index >= 15 is 0 Å². The number of hydrogen-bond donors (Lipinski definition) is 0. The SMILES string of the molecule is C=CC1=CCC(c2ccc(C)cc2)C=C1. The molecule has 0 N–H and O–H groups in total. The standard InChI is InChI=1S/C15H16/c1-3-13-6-10-15(11-7-13)14-8-4-12(2)5-9-14/h3-10,15H,1,11H2,2H3. The second-order valence-electron chi connectivity index (χ2n) is 4.02. The van der Waals surface area contributed by atoms with E-state index in [1.807, 2.05) is 6.08 Å². The largest absolute Gasteiger partial charge is 0.0985 e. The second-order valence-corrected chi connectivity index (χ2v) is 4.02. The molecule has 0 saturated carbocycles. The van der Waals surface area contributed by atoms with Crippen molar-refractivity contribution < 1.29 is 0 Å². The van der Waals surface area contributed by atoms with Crippen LogP contribution in [0.3, 0.4) is 0 Å². The predicted molar refractivity (Wildman–Crippen MR) is 66.0 cm³/mol. The van der Waals surface area contributed by atoms with Gasteiger partial charge in [0.15, 0.2) is 0 Å². The van der Waals surface area contributed by atoms with E-state index in [2.05, 4.69) is 56.0 Å². The van der Waals surface area contributed by atoms with Crippen molar-refractivity contribution in [1.82, 2.24) is 0 Å². The van der Waals surface area contributed by atoms with Gasteiger partial charge in [-0.25, -0.2) is 0 Å². The van der Waals surface area contributed by atoms with Crippen LogP contribution in [-0.2, 0) is 0 Å². The third-order valence-electron chi connectivity index (χ3n) is 2.87. The third-order valence-corrected chi connectivity index (χ3v) is 2.87. The molecule has 0 nitrogen and oxygen atoms in total. The average Bonchev–Trinajstić information content (AvgIpc) is 2.30. The summed E-state index contributed by atoms with van der Waals surface area (Å²) in [5.41, 5.74) is 3.95. The lowest BCUT2D eigenvalue weighted by molar-refractivity contribution is 0.848. The zero-order valence-corrected chi connectivity index (χ0v) is 9.11. The Morgan fingerprint density at radius 3 is 2.53 bits per heavy atom. The molecule has 2 rings (SSSR count). The lowest BCUT2D eigenvalue weighted by Gasteiger charge is -2.15. The normalized spacial score (nSPS) is 19.8. The van der Waals surface area contributed by atoms with Gasteiger partial charge in [-0.2, -0.15) is 0 Å². The molecule has 1 atom stereocenters. The Hall–Kier alpha value is -1.56. The van der Waals surface area contributed by atoms with E-state index in [4.69, 9.17) is 0 Å². The van der Waals surface area contributed by atoms with Gasteiger partial charge in [0.1, 0.15) is 0 Å². The summed E-state index contributed by atoms with van der Waals surface area (Å²) >= 11 is 0. The van der Waals surface area contributed by atoms with Crippen LogP contribution in [0.5, 0.6) is 0 Å². The molecule has 0 radical (unpaired) electrons. The molecular formula is C15H16. The van der Waals surface area contributed by atoms with Crippen LogP contribution in [0.1, 0.15) is 23.5 Å². The number of allylic oxidation sites excluding steroid dienone is 5. The number of rotatable bonds is 2. The Balaban J connectivity index is 2.15. The van der Waals surface area contributed by atoms with Crippen LogP contribution in [0.25, 0.3) is 0 Å². The van der Waals surface area contributed by atoms with Crippen LogP contribution >= 0.6 is 0 Å². The minimum Gasteiger partial charge on any atom is -0.0985 e. The van der Waals surface area contributed by atoms with E-state index in [1.54, 1.807) is 0 Å². The molecule has 0 aliphatic heterocycles. The van der Waals surface area contributed by atoms with Gasteiger partial charge in [0, 0.05) is 5.92 Å². The van der Waals surface area contributed by atoms with E-state index in [1.165, 1.54) is 16.7 Å². The summed E-state index contributed by atoms with van der Waals surface area (Å²) in [6.07, 6.45) is 9.66. The smallest absolute Gasteiger partial charge is 0.00561 e. The Morgan fingerprint density at radius 1 is 1.27 bits per heavy atom. The molecule has 0 spiro atoms. The van der Waals surface area contributed by atoms with Crippen LogP contribution < -0.4 is 0 Å². The zero-order valence-electron chi connectivity index (χ0n) is 9.11. The number of hydrogen-bond acceptors (Lipinski definition) is 0. The highest BCUT2D eigenvalue weighted by Gasteiger charge is 2.09. The van der Waals surface area contributed by atoms with Gasteiger partial charge < -0.3 is 0 Å². The minimum absolute atomic E-state index is 0.536. The molecule has 0 heteroatoms. The Morgan fingerprint density at radius 2 is 2.00 bits per heavy atom. The Kier molecular flexibility index (Phi) is 2.86. The topological polar surface area (TPSA) is 0 Å². The minimum atomic E-state index is 0.536. The fraction of sp³-hybridized carbons (Fsp3) is 0.200. The summed E-state index contributed by atoms with van der Waals surface area (Å²) in [6.45, 7) is 5.90. The Bertz CT molecular complexity index is 404. The highest BCUT2D eigenvalue weighted by atomic mass is 14.1. The van der Waals surface area contributed by atoms with Gasteiger partial charge in [-0.3, -0.25) is 0 Å². The maximum Gasteiger partial charge on any atom is 0.00561 e. The van der Waals surface area contributed by atoms with Crippen molar-refractivity contribution in [3.05, 3.63) is 71.8 Å². The molecule has 0 fully saturated rings. The zero-order chi connectivity index (χ0) is 10.7. The lowest BCUT2D eigenvalue weighted by atomic mass is 9.90. The molecule has 15 heavy (non-hydrogen) atoms. The summed E-state index contributed by atoms with van der Waals surface area (Å²) < 4.78 is 0. The van der Waals surface area contributed by atoms with Gasteiger partial charge in [-0.15, -0.1) is 0 Å². The fourth-order valence-corrected chi connectivity index (χ4v) is 1.85. The first kappa shape index (κ1) is 9.97. The maximum absolute atomic E-state index is 3.77. The van der Waals surface area contributed by atoms with Gasteiger partial charge >= 0.3 is 0 Å². The first-order valence-electron chi connectivity index (χ1n) is 5.37. The first-order chi connectivity index (χ1) is 7.29. The quantitative estimate of drug-likeness (QED) is 0.666. The van der Waals surface area contributed by atoms with Gasteiger partial charge in [0.05, 0.1) is 0 Å². The Labute approximate surface area is 91.6 Å². The van der Waals surface area contributed by atoms with E-state index < -0.39 is 0 Å². The maximum atomic E-state index is 3.77. The summed E-state index contributed by atoms with van der Waals surface area (Å²) in [6, 6.07) is 8.79. The second kappa shape index (κ2) is 4.31. The number of aryl methyl sites for hydroxylation is 1. The predicted octanol–water partition coefficient (Wildman–Crippen LogP) is 4.15. The summed E-state index contributed by atoms with van der Waals surface area (Å²) in [5, 5.41) is 0. The third kappa shape index (κ3) is 2.27. The molecule has 0 aromatic heterocycles. The van der Waals surface area contributed by atoms with Crippen molar-refractivity contribution in [2.24, 2.45) is 0 Å². The highest BCUT2D eigenvalue weighted by Crippen LogP contribution is 2.26. The van der Waals surface area contributed by atoms with Gasteiger partial charge in [0.2, 0.25) is 0 Å². The summed E-state index contributed by atoms with van der Waals surface area (Å²) in [4.78, 5) is 0. The van der Waals surface area contributed by atoms with Gasteiger partial charge in [0.25, 0.3) is 0 Å². The van der Waals surface area contributed by atoms with E-state index in [0.29, 0.717) is 5.92 Å². The van der Waals surface area contributed by atoms with Crippen LogP contribution in [0.2, 0.25) is 0 Å². The monoisotopic (exact) mass is 196 g/mol. The van der Waals surface area contributed by atoms with Gasteiger partial charge in [-0.05, 0) is 24.5 Å². The molecule has 1 aliphatic carbocycles.